The minimum absolute atomic E-state index is 1.11. The Labute approximate surface area is 74.9 Å². The summed E-state index contributed by atoms with van der Waals surface area (Å²) >= 11 is 0. The molecule has 0 aromatic heterocycles. The van der Waals surface area contributed by atoms with Gasteiger partial charge in [0.2, 0.25) is 0 Å². The van der Waals surface area contributed by atoms with E-state index in [4.69, 9.17) is 0 Å². The molecule has 0 nitrogen and oxygen atoms in total. The first-order valence-corrected chi connectivity index (χ1v) is 4.63. The zero-order chi connectivity index (χ0) is 8.81. The zero-order valence-electron chi connectivity index (χ0n) is 7.88. The van der Waals surface area contributed by atoms with Crippen LogP contribution in [0.15, 0.2) is 30.3 Å². The van der Waals surface area contributed by atoms with Gasteiger partial charge in [0.15, 0.2) is 0 Å². The summed E-state index contributed by atoms with van der Waals surface area (Å²) in [5.74, 6) is 0. The van der Waals surface area contributed by atoms with Gasteiger partial charge in [-0.3, -0.25) is 0 Å². The second-order valence-electron chi connectivity index (χ2n) is 2.86. The molecule has 0 bridgehead atoms. The molecule has 0 atom stereocenters. The van der Waals surface area contributed by atoms with E-state index in [1.165, 1.54) is 11.1 Å². The molecule has 0 fully saturated rings. The predicted molar refractivity (Wildman–Crippen MR) is 55.1 cm³/mol. The number of hydrogen-bond donors (Lipinski definition) is 0. The molecule has 0 saturated heterocycles. The van der Waals surface area contributed by atoms with E-state index >= 15 is 0 Å². The highest BCUT2D eigenvalue weighted by Gasteiger charge is 1.93. The standard InChI is InChI=1S/C12H16/c1-3-5-8-12-10-7-6-9-11(12)4-2/h5-10H,3-4H2,1-2H3. The van der Waals surface area contributed by atoms with Gasteiger partial charge >= 0.3 is 0 Å². The topological polar surface area (TPSA) is 0 Å². The molecular formula is C12H16. The van der Waals surface area contributed by atoms with E-state index < -0.39 is 0 Å². The summed E-state index contributed by atoms with van der Waals surface area (Å²) in [6, 6.07) is 8.55. The summed E-state index contributed by atoms with van der Waals surface area (Å²) in [6.45, 7) is 4.35. The Morgan fingerprint density at radius 2 is 1.92 bits per heavy atom. The van der Waals surface area contributed by atoms with Gasteiger partial charge in [-0.2, -0.15) is 0 Å². The first-order chi connectivity index (χ1) is 5.88. The van der Waals surface area contributed by atoms with Crippen LogP contribution < -0.4 is 0 Å². The van der Waals surface area contributed by atoms with Crippen molar-refractivity contribution >= 4 is 6.08 Å². The molecule has 0 saturated carbocycles. The van der Waals surface area contributed by atoms with Crippen molar-refractivity contribution in [1.82, 2.24) is 0 Å². The predicted octanol–water partition coefficient (Wildman–Crippen LogP) is 3.67. The van der Waals surface area contributed by atoms with E-state index in [0.717, 1.165) is 12.8 Å². The van der Waals surface area contributed by atoms with Crippen molar-refractivity contribution in [3.05, 3.63) is 41.5 Å². The smallest absolute Gasteiger partial charge is 0.0228 e. The van der Waals surface area contributed by atoms with Gasteiger partial charge < -0.3 is 0 Å². The molecule has 0 amide bonds. The van der Waals surface area contributed by atoms with E-state index in [0.29, 0.717) is 0 Å². The van der Waals surface area contributed by atoms with E-state index in [2.05, 4.69) is 50.3 Å². The molecule has 0 radical (unpaired) electrons. The average molecular weight is 160 g/mol. The molecular weight excluding hydrogens is 144 g/mol. The van der Waals surface area contributed by atoms with Crippen molar-refractivity contribution < 1.29 is 0 Å². The molecule has 12 heavy (non-hydrogen) atoms. The first kappa shape index (κ1) is 9.05. The van der Waals surface area contributed by atoms with Crippen LogP contribution in [0.5, 0.6) is 0 Å². The maximum atomic E-state index is 2.21. The van der Waals surface area contributed by atoms with Crippen molar-refractivity contribution in [2.45, 2.75) is 26.7 Å². The molecule has 0 unspecified atom stereocenters. The lowest BCUT2D eigenvalue weighted by Crippen LogP contribution is -1.83. The third-order valence-electron chi connectivity index (χ3n) is 1.97. The Bertz CT molecular complexity index is 258. The summed E-state index contributed by atoms with van der Waals surface area (Å²) in [5.41, 5.74) is 2.80. The van der Waals surface area contributed by atoms with Crippen LogP contribution in [0.1, 0.15) is 31.4 Å². The number of hydrogen-bond acceptors (Lipinski definition) is 0. The number of aryl methyl sites for hydroxylation is 1. The lowest BCUT2D eigenvalue weighted by molar-refractivity contribution is 1.13. The second-order valence-corrected chi connectivity index (χ2v) is 2.86. The lowest BCUT2D eigenvalue weighted by atomic mass is 10.0. The fourth-order valence-corrected chi connectivity index (χ4v) is 1.26. The van der Waals surface area contributed by atoms with E-state index in [9.17, 15) is 0 Å². The van der Waals surface area contributed by atoms with Gasteiger partial charge in [0.25, 0.3) is 0 Å². The maximum absolute atomic E-state index is 2.21. The average Bonchev–Trinajstić information content (AvgIpc) is 2.15. The van der Waals surface area contributed by atoms with Gasteiger partial charge in [-0.05, 0) is 24.0 Å². The molecule has 0 aliphatic heterocycles. The van der Waals surface area contributed by atoms with Crippen molar-refractivity contribution in [2.75, 3.05) is 0 Å². The molecule has 0 spiro atoms. The molecule has 0 aliphatic carbocycles. The molecule has 1 aromatic carbocycles. The van der Waals surface area contributed by atoms with Crippen LogP contribution >= 0.6 is 0 Å². The Balaban J connectivity index is 2.89. The number of allylic oxidation sites excluding steroid dienone is 1. The van der Waals surface area contributed by atoms with Crippen molar-refractivity contribution in [2.24, 2.45) is 0 Å². The summed E-state index contributed by atoms with van der Waals surface area (Å²) in [7, 11) is 0. The van der Waals surface area contributed by atoms with Crippen molar-refractivity contribution in [1.29, 1.82) is 0 Å². The first-order valence-electron chi connectivity index (χ1n) is 4.63. The SMILES string of the molecule is CCC=Cc1ccccc1CC. The molecule has 1 aromatic rings. The van der Waals surface area contributed by atoms with Crippen LogP contribution in [-0.4, -0.2) is 0 Å². The summed E-state index contributed by atoms with van der Waals surface area (Å²) < 4.78 is 0. The largest absolute Gasteiger partial charge is 0.0842 e. The minimum Gasteiger partial charge on any atom is -0.0842 e. The molecule has 0 aliphatic rings. The highest BCUT2D eigenvalue weighted by atomic mass is 14.0. The summed E-state index contributed by atoms with van der Waals surface area (Å²) in [4.78, 5) is 0. The quantitative estimate of drug-likeness (QED) is 0.633. The van der Waals surface area contributed by atoms with Crippen LogP contribution in [0.2, 0.25) is 0 Å². The van der Waals surface area contributed by atoms with Crippen molar-refractivity contribution in [3.8, 4) is 0 Å². The fourth-order valence-electron chi connectivity index (χ4n) is 1.26. The lowest BCUT2D eigenvalue weighted by Gasteiger charge is -2.00. The Morgan fingerprint density at radius 3 is 2.58 bits per heavy atom. The Morgan fingerprint density at radius 1 is 1.17 bits per heavy atom. The third kappa shape index (κ3) is 2.23. The third-order valence-corrected chi connectivity index (χ3v) is 1.97. The summed E-state index contributed by atoms with van der Waals surface area (Å²) in [5, 5.41) is 0. The van der Waals surface area contributed by atoms with Crippen LogP contribution in [-0.2, 0) is 6.42 Å². The highest BCUT2D eigenvalue weighted by Crippen LogP contribution is 2.11. The van der Waals surface area contributed by atoms with E-state index in [-0.39, 0.29) is 0 Å². The van der Waals surface area contributed by atoms with Crippen LogP contribution in [0, 0.1) is 0 Å². The monoisotopic (exact) mass is 160 g/mol. The van der Waals surface area contributed by atoms with Gasteiger partial charge in [0.05, 0.1) is 0 Å². The molecule has 1 rings (SSSR count). The van der Waals surface area contributed by atoms with Crippen LogP contribution in [0.4, 0.5) is 0 Å². The van der Waals surface area contributed by atoms with Gasteiger partial charge in [-0.25, -0.2) is 0 Å². The Kier molecular flexibility index (Phi) is 3.59. The summed E-state index contributed by atoms with van der Waals surface area (Å²) in [6.07, 6.45) is 6.63. The van der Waals surface area contributed by atoms with Gasteiger partial charge in [-0.1, -0.05) is 50.3 Å². The minimum atomic E-state index is 1.11. The normalized spacial score (nSPS) is 10.8. The highest BCUT2D eigenvalue weighted by molar-refractivity contribution is 5.53. The molecule has 0 N–H and O–H groups in total. The molecule has 0 heteroatoms. The number of benzene rings is 1. The van der Waals surface area contributed by atoms with Crippen LogP contribution in [0.25, 0.3) is 6.08 Å². The van der Waals surface area contributed by atoms with Gasteiger partial charge in [0.1, 0.15) is 0 Å². The van der Waals surface area contributed by atoms with Crippen LogP contribution in [0.3, 0.4) is 0 Å². The zero-order valence-corrected chi connectivity index (χ0v) is 7.88. The number of rotatable bonds is 3. The van der Waals surface area contributed by atoms with Gasteiger partial charge in [-0.15, -0.1) is 0 Å². The molecule has 0 heterocycles. The Hall–Kier alpha value is -1.04. The van der Waals surface area contributed by atoms with Gasteiger partial charge in [0, 0.05) is 0 Å². The second kappa shape index (κ2) is 4.76. The fraction of sp³-hybridized carbons (Fsp3) is 0.333. The van der Waals surface area contributed by atoms with E-state index in [1.807, 2.05) is 0 Å². The maximum Gasteiger partial charge on any atom is -0.0228 e. The van der Waals surface area contributed by atoms with E-state index in [1.54, 1.807) is 0 Å². The van der Waals surface area contributed by atoms with Crippen molar-refractivity contribution in [3.63, 3.8) is 0 Å². The molecule has 64 valence electrons.